The van der Waals surface area contributed by atoms with Crippen molar-refractivity contribution in [3.63, 3.8) is 0 Å². The number of unbranched alkanes of at least 4 members (excludes halogenated alkanes) is 2. The number of ether oxygens (including phenoxy) is 5. The number of aliphatic hydroxyl groups is 2. The number of hydrogen-bond acceptors (Lipinski definition) is 11. The molecule has 1 saturated carbocycles. The maximum absolute atomic E-state index is 14.0. The van der Waals surface area contributed by atoms with Gasteiger partial charge >= 0.3 is 6.09 Å². The Morgan fingerprint density at radius 2 is 1.84 bits per heavy atom. The first-order valence-corrected chi connectivity index (χ1v) is 20.5. The van der Waals surface area contributed by atoms with Crippen molar-refractivity contribution in [2.45, 2.75) is 76.2 Å². The third-order valence-corrected chi connectivity index (χ3v) is 11.5. The fraction of sp³-hybridized carbons (Fsp3) is 0.591. The number of hydrogen-bond donors (Lipinski definition) is 2. The summed E-state index contributed by atoms with van der Waals surface area (Å²) in [6.45, 7) is 11.1. The highest BCUT2D eigenvalue weighted by molar-refractivity contribution is 6.02. The van der Waals surface area contributed by atoms with Gasteiger partial charge in [0.2, 0.25) is 5.79 Å². The van der Waals surface area contributed by atoms with Gasteiger partial charge in [0.25, 0.3) is 0 Å². The Labute approximate surface area is 332 Å². The van der Waals surface area contributed by atoms with Crippen LogP contribution < -0.4 is 9.47 Å². The SMILES string of the molecule is C=CCO[C@@]12Oc3ccc(OCCN4CC4)cc3[C@H]3[C@H](CCCCO)[C@@H](CCCCO)C=C(C(=NOCC)C[C@@H]1N(C)C(=O)OCCOCc1ccccc1)[C@H]32. The molecule has 0 radical (unpaired) electrons. The van der Waals surface area contributed by atoms with Gasteiger partial charge in [0, 0.05) is 57.8 Å². The minimum Gasteiger partial charge on any atom is -0.492 e. The average molecular weight is 776 g/mol. The molecule has 2 fully saturated rings. The largest absolute Gasteiger partial charge is 0.492 e. The number of nitrogens with zero attached hydrogens (tertiary/aromatic N) is 3. The van der Waals surface area contributed by atoms with Gasteiger partial charge in [-0.25, -0.2) is 4.79 Å². The highest BCUT2D eigenvalue weighted by Gasteiger charge is 2.65. The van der Waals surface area contributed by atoms with Gasteiger partial charge in [-0.3, -0.25) is 4.90 Å². The molecule has 0 bridgehead atoms. The molecule has 0 aromatic heterocycles. The zero-order valence-corrected chi connectivity index (χ0v) is 33.2. The second kappa shape index (κ2) is 20.5. The fourth-order valence-electron chi connectivity index (χ4n) is 8.73. The summed E-state index contributed by atoms with van der Waals surface area (Å²) in [6, 6.07) is 15.3. The monoisotopic (exact) mass is 775 g/mol. The van der Waals surface area contributed by atoms with Crippen molar-refractivity contribution in [2.75, 3.05) is 72.9 Å². The number of allylic oxidation sites excluding steroid dienone is 1. The molecule has 12 heteroatoms. The predicted molar refractivity (Wildman–Crippen MR) is 214 cm³/mol. The van der Waals surface area contributed by atoms with Gasteiger partial charge in [0.15, 0.2) is 0 Å². The highest BCUT2D eigenvalue weighted by Crippen LogP contribution is 2.61. The second-order valence-electron chi connectivity index (χ2n) is 15.1. The van der Waals surface area contributed by atoms with E-state index < -0.39 is 23.8 Å². The topological polar surface area (TPSA) is 132 Å². The molecule has 2 N–H and O–H groups in total. The molecular formula is C44H61N3O9. The Hall–Kier alpha value is -3.94. The minimum absolute atomic E-state index is 0.0764. The van der Waals surface area contributed by atoms with Gasteiger partial charge in [-0.1, -0.05) is 60.5 Å². The molecule has 2 aliphatic heterocycles. The predicted octanol–water partition coefficient (Wildman–Crippen LogP) is 6.32. The fourth-order valence-corrected chi connectivity index (χ4v) is 8.73. The molecule has 6 atom stereocenters. The number of carbonyl (C=O) groups is 1. The number of likely N-dealkylation sites (N-methyl/N-ethyl adjacent to an activating group) is 1. The minimum atomic E-state index is -1.34. The van der Waals surface area contributed by atoms with Gasteiger partial charge in [0.1, 0.15) is 37.4 Å². The standard InChI is InChI=1S/C44H61N3O9/c1-4-24-54-44-40(46(3)43(50)53-27-26-51-31-32-13-7-6-8-14-32)30-38(45-55-5-2)36-28-33(15-9-11-22-48)35(16-10-12-23-49)41(42(36)44)37-29-34(17-18-39(37)56-44)52-25-21-47-19-20-47/h4,6-8,13-14,17-18,28-29,33,35,40-42,48-49H,1,5,9-12,15-16,19-27,30-31H2,2-3H3/t33-,35+,40-,41+,42+,44+/m0/s1. The van der Waals surface area contributed by atoms with Crippen LogP contribution in [0.4, 0.5) is 4.79 Å². The quantitative estimate of drug-likeness (QED) is 0.0573. The van der Waals surface area contributed by atoms with E-state index in [1.54, 1.807) is 18.0 Å². The molecule has 0 spiro atoms. The van der Waals surface area contributed by atoms with Crippen LogP contribution in [0.25, 0.3) is 0 Å². The van der Waals surface area contributed by atoms with Crippen LogP contribution in [0.3, 0.4) is 0 Å². The Kier molecular flexibility index (Phi) is 15.2. The van der Waals surface area contributed by atoms with E-state index in [0.717, 1.165) is 73.5 Å². The van der Waals surface area contributed by atoms with Crippen molar-refractivity contribution >= 4 is 11.8 Å². The first-order chi connectivity index (χ1) is 27.4. The molecule has 2 aromatic carbocycles. The van der Waals surface area contributed by atoms with Crippen LogP contribution in [0.15, 0.2) is 78.0 Å². The van der Waals surface area contributed by atoms with Gasteiger partial charge in [-0.05, 0) is 73.8 Å². The number of fused-ring (bicyclic) bond motifs is 2. The molecule has 2 aromatic rings. The van der Waals surface area contributed by atoms with Gasteiger partial charge < -0.3 is 43.6 Å². The number of benzene rings is 2. The molecule has 12 nitrogen and oxygen atoms in total. The zero-order chi connectivity index (χ0) is 39.3. The summed E-state index contributed by atoms with van der Waals surface area (Å²) in [5.41, 5.74) is 3.81. The van der Waals surface area contributed by atoms with Crippen molar-refractivity contribution in [1.82, 2.24) is 9.80 Å². The lowest BCUT2D eigenvalue weighted by Crippen LogP contribution is -2.69. The van der Waals surface area contributed by atoms with E-state index in [2.05, 4.69) is 23.6 Å². The maximum atomic E-state index is 14.0. The van der Waals surface area contributed by atoms with Crippen LogP contribution in [0.5, 0.6) is 11.5 Å². The summed E-state index contributed by atoms with van der Waals surface area (Å²) in [6.07, 6.45) is 8.67. The van der Waals surface area contributed by atoms with Crippen LogP contribution >= 0.6 is 0 Å². The highest BCUT2D eigenvalue weighted by atomic mass is 16.7. The smallest absolute Gasteiger partial charge is 0.410 e. The molecule has 56 heavy (non-hydrogen) atoms. The molecule has 4 aliphatic rings. The number of aliphatic hydroxyl groups excluding tert-OH is 2. The number of amides is 1. The third-order valence-electron chi connectivity index (χ3n) is 11.5. The summed E-state index contributed by atoms with van der Waals surface area (Å²) in [5, 5.41) is 24.3. The lowest BCUT2D eigenvalue weighted by atomic mass is 9.55. The molecule has 0 unspecified atom stereocenters. The van der Waals surface area contributed by atoms with Crippen LogP contribution in [0, 0.1) is 17.8 Å². The van der Waals surface area contributed by atoms with E-state index in [-0.39, 0.29) is 50.8 Å². The normalized spacial score (nSPS) is 25.7. The van der Waals surface area contributed by atoms with Crippen molar-refractivity contribution in [3.8, 4) is 11.5 Å². The summed E-state index contributed by atoms with van der Waals surface area (Å²) in [4.78, 5) is 23.7. The van der Waals surface area contributed by atoms with E-state index in [1.165, 1.54) is 0 Å². The van der Waals surface area contributed by atoms with E-state index in [1.807, 2.05) is 49.4 Å². The lowest BCUT2D eigenvalue weighted by molar-refractivity contribution is -0.253. The summed E-state index contributed by atoms with van der Waals surface area (Å²) < 4.78 is 32.1. The molecule has 1 saturated heterocycles. The van der Waals surface area contributed by atoms with Gasteiger partial charge in [-0.2, -0.15) is 0 Å². The summed E-state index contributed by atoms with van der Waals surface area (Å²) in [7, 11) is 1.73. The Bertz CT molecular complexity index is 1630. The number of oxime groups is 1. The molecular weight excluding hydrogens is 714 g/mol. The Morgan fingerprint density at radius 1 is 1.05 bits per heavy atom. The Morgan fingerprint density at radius 3 is 2.57 bits per heavy atom. The molecule has 6 rings (SSSR count). The van der Waals surface area contributed by atoms with Crippen molar-refractivity contribution in [1.29, 1.82) is 0 Å². The summed E-state index contributed by atoms with van der Waals surface area (Å²) in [5.74, 6) is -0.117. The van der Waals surface area contributed by atoms with Gasteiger partial charge in [0.05, 0.1) is 31.5 Å². The Balaban J connectivity index is 1.39. The third kappa shape index (κ3) is 9.95. The maximum Gasteiger partial charge on any atom is 0.410 e. The van der Waals surface area contributed by atoms with E-state index in [0.29, 0.717) is 44.8 Å². The first kappa shape index (κ1) is 41.7. The number of rotatable bonds is 23. The zero-order valence-electron chi connectivity index (χ0n) is 33.2. The van der Waals surface area contributed by atoms with Crippen molar-refractivity contribution in [3.05, 3.63) is 84.0 Å². The van der Waals surface area contributed by atoms with Crippen LogP contribution in [0.2, 0.25) is 0 Å². The molecule has 1 amide bonds. The molecule has 306 valence electrons. The number of carbonyl (C=O) groups excluding carboxylic acids is 1. The van der Waals surface area contributed by atoms with Crippen molar-refractivity contribution < 1.29 is 43.5 Å². The van der Waals surface area contributed by atoms with Crippen LogP contribution in [-0.2, 0) is 25.7 Å². The average Bonchev–Trinajstić information content (AvgIpc) is 4.05. The van der Waals surface area contributed by atoms with E-state index in [4.69, 9.17) is 33.7 Å². The van der Waals surface area contributed by atoms with Crippen LogP contribution in [-0.4, -0.2) is 117 Å². The lowest BCUT2D eigenvalue weighted by Gasteiger charge is -2.59. The first-order valence-electron chi connectivity index (χ1n) is 20.5. The second-order valence-corrected chi connectivity index (χ2v) is 15.1. The van der Waals surface area contributed by atoms with E-state index in [9.17, 15) is 15.0 Å². The van der Waals surface area contributed by atoms with Crippen molar-refractivity contribution in [2.24, 2.45) is 22.9 Å². The van der Waals surface area contributed by atoms with Crippen LogP contribution in [0.1, 0.15) is 68.9 Å². The molecule has 2 heterocycles. The van der Waals surface area contributed by atoms with E-state index >= 15 is 0 Å². The van der Waals surface area contributed by atoms with Gasteiger partial charge in [-0.15, -0.1) is 6.58 Å². The molecule has 2 aliphatic carbocycles. The summed E-state index contributed by atoms with van der Waals surface area (Å²) >= 11 is 0.